The van der Waals surface area contributed by atoms with Gasteiger partial charge in [0, 0.05) is 40.6 Å². The Bertz CT molecular complexity index is 1120. The van der Waals surface area contributed by atoms with E-state index in [9.17, 15) is 9.59 Å². The highest BCUT2D eigenvalue weighted by Crippen LogP contribution is 2.50. The molecule has 0 bridgehead atoms. The first-order valence-corrected chi connectivity index (χ1v) is 10.9. The topological polar surface area (TPSA) is 65.1 Å². The predicted molar refractivity (Wildman–Crippen MR) is 123 cm³/mol. The lowest BCUT2D eigenvalue weighted by Crippen LogP contribution is -2.41. The van der Waals surface area contributed by atoms with Crippen LogP contribution in [0.2, 0.25) is 5.02 Å². The predicted octanol–water partition coefficient (Wildman–Crippen LogP) is 5.20. The number of amides is 1. The van der Waals surface area contributed by atoms with Crippen LogP contribution >= 0.6 is 11.6 Å². The van der Waals surface area contributed by atoms with E-state index in [1.54, 1.807) is 31.3 Å². The number of carbonyl (C=O) groups excluding carboxylic acids is 2. The molecule has 0 fully saturated rings. The Hall–Kier alpha value is -2.99. The lowest BCUT2D eigenvalue weighted by molar-refractivity contribution is -0.119. The summed E-state index contributed by atoms with van der Waals surface area (Å²) in [5, 5.41) is 0.586. The van der Waals surface area contributed by atoms with Crippen LogP contribution in [0.5, 0.6) is 17.2 Å². The maximum Gasteiger partial charge on any atom is 0.232 e. The Labute approximate surface area is 192 Å². The molecule has 6 nitrogen and oxygen atoms in total. The third kappa shape index (κ3) is 3.52. The molecule has 1 aliphatic carbocycles. The molecule has 2 aromatic carbocycles. The van der Waals surface area contributed by atoms with Gasteiger partial charge >= 0.3 is 0 Å². The van der Waals surface area contributed by atoms with Crippen LogP contribution in [0.4, 0.5) is 5.69 Å². The maximum atomic E-state index is 13.5. The van der Waals surface area contributed by atoms with E-state index in [0.29, 0.717) is 47.1 Å². The average Bonchev–Trinajstić information content (AvgIpc) is 2.79. The summed E-state index contributed by atoms with van der Waals surface area (Å²) in [4.78, 5) is 28.4. The number of nitrogens with zero attached hydrogens (tertiary/aromatic N) is 1. The first-order valence-electron chi connectivity index (χ1n) is 10.6. The normalized spacial score (nSPS) is 18.5. The van der Waals surface area contributed by atoms with Crippen molar-refractivity contribution in [3.8, 4) is 17.2 Å². The van der Waals surface area contributed by atoms with Crippen molar-refractivity contribution in [2.45, 2.75) is 38.5 Å². The van der Waals surface area contributed by atoms with Crippen LogP contribution in [-0.2, 0) is 9.59 Å². The van der Waals surface area contributed by atoms with E-state index in [2.05, 4.69) is 0 Å². The van der Waals surface area contributed by atoms with Gasteiger partial charge in [-0.3, -0.25) is 14.5 Å². The average molecular weight is 456 g/mol. The van der Waals surface area contributed by atoms with Crippen LogP contribution < -0.4 is 19.1 Å². The largest absolute Gasteiger partial charge is 0.493 e. The summed E-state index contributed by atoms with van der Waals surface area (Å²) in [6.07, 6.45) is 1.95. The minimum atomic E-state index is -0.421. The summed E-state index contributed by atoms with van der Waals surface area (Å²) < 4.78 is 16.6. The Morgan fingerprint density at radius 2 is 1.72 bits per heavy atom. The number of Topliss-reactive ketones (excluding diaryl/α,β-unsaturated/α-hetero) is 1. The fourth-order valence-corrected chi connectivity index (χ4v) is 4.94. The smallest absolute Gasteiger partial charge is 0.232 e. The fraction of sp³-hybridized carbons (Fsp3) is 0.360. The van der Waals surface area contributed by atoms with Crippen molar-refractivity contribution in [3.05, 3.63) is 57.8 Å². The lowest BCUT2D eigenvalue weighted by atomic mass is 9.76. The molecular formula is C25H26ClNO5. The van der Waals surface area contributed by atoms with Crippen molar-refractivity contribution in [2.75, 3.05) is 26.2 Å². The molecule has 2 aromatic rings. The van der Waals surface area contributed by atoms with Gasteiger partial charge in [-0.15, -0.1) is 0 Å². The number of halogens is 1. The van der Waals surface area contributed by atoms with E-state index in [1.807, 2.05) is 25.1 Å². The van der Waals surface area contributed by atoms with Crippen LogP contribution in [0.3, 0.4) is 0 Å². The van der Waals surface area contributed by atoms with Gasteiger partial charge in [-0.05, 0) is 43.5 Å². The molecule has 1 atom stereocenters. The van der Waals surface area contributed by atoms with Crippen molar-refractivity contribution in [3.63, 3.8) is 0 Å². The number of carbonyl (C=O) groups is 2. The summed E-state index contributed by atoms with van der Waals surface area (Å²) in [6.45, 7) is 1.89. The molecule has 168 valence electrons. The number of allylic oxidation sites excluding steroid dienone is 2. The second-order valence-corrected chi connectivity index (χ2v) is 8.34. The minimum Gasteiger partial charge on any atom is -0.493 e. The van der Waals surface area contributed by atoms with E-state index in [1.165, 1.54) is 7.11 Å². The van der Waals surface area contributed by atoms with Gasteiger partial charge in [0.05, 0.1) is 27.0 Å². The number of hydrogen-bond acceptors (Lipinski definition) is 5. The Kier molecular flexibility index (Phi) is 6.15. The second-order valence-electron chi connectivity index (χ2n) is 7.93. The Morgan fingerprint density at radius 3 is 2.41 bits per heavy atom. The molecule has 1 unspecified atom stereocenters. The lowest BCUT2D eigenvalue weighted by Gasteiger charge is -2.39. The molecular weight excluding hydrogens is 430 g/mol. The van der Waals surface area contributed by atoms with Gasteiger partial charge in [0.25, 0.3) is 0 Å². The van der Waals surface area contributed by atoms with Crippen molar-refractivity contribution in [1.29, 1.82) is 0 Å². The summed E-state index contributed by atoms with van der Waals surface area (Å²) in [5.41, 5.74) is 3.70. The molecule has 1 aliphatic heterocycles. The molecule has 32 heavy (non-hydrogen) atoms. The summed E-state index contributed by atoms with van der Waals surface area (Å²) in [5.74, 6) is 1.00. The third-order valence-electron chi connectivity index (χ3n) is 6.27. The van der Waals surface area contributed by atoms with Crippen LogP contribution in [0.1, 0.15) is 42.7 Å². The molecule has 0 saturated carbocycles. The molecule has 1 heterocycles. The minimum absolute atomic E-state index is 0.0604. The molecule has 0 N–H and O–H groups in total. The highest BCUT2D eigenvalue weighted by atomic mass is 35.5. The zero-order valence-electron chi connectivity index (χ0n) is 18.7. The third-order valence-corrected chi connectivity index (χ3v) is 6.67. The van der Waals surface area contributed by atoms with E-state index in [4.69, 9.17) is 25.8 Å². The first kappa shape index (κ1) is 22.2. The van der Waals surface area contributed by atoms with Crippen molar-refractivity contribution >= 4 is 29.0 Å². The van der Waals surface area contributed by atoms with E-state index >= 15 is 0 Å². The molecule has 2 aliphatic rings. The summed E-state index contributed by atoms with van der Waals surface area (Å²) in [7, 11) is 4.64. The quantitative estimate of drug-likeness (QED) is 0.619. The fourth-order valence-electron chi connectivity index (χ4n) is 4.78. The highest BCUT2D eigenvalue weighted by molar-refractivity contribution is 6.31. The molecule has 7 heteroatoms. The van der Waals surface area contributed by atoms with Gasteiger partial charge in [-0.2, -0.15) is 0 Å². The monoisotopic (exact) mass is 455 g/mol. The standard InChI is InChI=1S/C25H26ClNO5/c1-14-17(26)7-5-8-18(14)27-19-9-6-10-20(28)23(19)16(13-22(27)29)15-11-12-21(30-2)25(32-4)24(15)31-3/h5,7-8,11-12,16H,6,9-10,13H2,1-4H3. The van der Waals surface area contributed by atoms with E-state index in [0.717, 1.165) is 22.5 Å². The number of benzene rings is 2. The zero-order chi connectivity index (χ0) is 23.0. The molecule has 0 radical (unpaired) electrons. The van der Waals surface area contributed by atoms with Crippen molar-refractivity contribution < 1.29 is 23.8 Å². The number of anilines is 1. The van der Waals surface area contributed by atoms with Crippen molar-refractivity contribution in [2.24, 2.45) is 0 Å². The van der Waals surface area contributed by atoms with E-state index in [-0.39, 0.29) is 18.1 Å². The Morgan fingerprint density at radius 1 is 0.969 bits per heavy atom. The van der Waals surface area contributed by atoms with Gasteiger partial charge in [0.15, 0.2) is 17.3 Å². The molecule has 0 saturated heterocycles. The molecule has 1 amide bonds. The second kappa shape index (κ2) is 8.87. The van der Waals surface area contributed by atoms with Gasteiger partial charge in [-0.1, -0.05) is 23.7 Å². The van der Waals surface area contributed by atoms with Crippen molar-refractivity contribution in [1.82, 2.24) is 0 Å². The SMILES string of the molecule is COc1ccc(C2CC(=O)N(c3cccc(Cl)c3C)C3=C2C(=O)CCC3)c(OC)c1OC. The number of rotatable bonds is 5. The van der Waals surface area contributed by atoms with Crippen LogP contribution in [0.15, 0.2) is 41.6 Å². The van der Waals surface area contributed by atoms with Gasteiger partial charge in [0.2, 0.25) is 11.7 Å². The van der Waals surface area contributed by atoms with Gasteiger partial charge in [0.1, 0.15) is 0 Å². The number of methoxy groups -OCH3 is 3. The Balaban J connectivity index is 1.93. The van der Waals surface area contributed by atoms with Crippen LogP contribution in [-0.4, -0.2) is 33.0 Å². The summed E-state index contributed by atoms with van der Waals surface area (Å²) in [6, 6.07) is 9.13. The molecule has 4 rings (SSSR count). The first-order chi connectivity index (χ1) is 15.4. The zero-order valence-corrected chi connectivity index (χ0v) is 19.4. The van der Waals surface area contributed by atoms with E-state index < -0.39 is 5.92 Å². The maximum absolute atomic E-state index is 13.5. The summed E-state index contributed by atoms with van der Waals surface area (Å²) >= 11 is 6.35. The van der Waals surface area contributed by atoms with Crippen LogP contribution in [0, 0.1) is 6.92 Å². The van der Waals surface area contributed by atoms with Gasteiger partial charge < -0.3 is 14.2 Å². The van der Waals surface area contributed by atoms with Gasteiger partial charge in [-0.25, -0.2) is 0 Å². The highest BCUT2D eigenvalue weighted by Gasteiger charge is 2.41. The molecule has 0 aromatic heterocycles. The number of ketones is 1. The number of hydrogen-bond donors (Lipinski definition) is 0. The van der Waals surface area contributed by atoms with Crippen LogP contribution in [0.25, 0.3) is 0 Å². The molecule has 0 spiro atoms. The number of ether oxygens (including phenoxy) is 3.